The molecule has 0 unspecified atom stereocenters. The maximum atomic E-state index is 4.61. The van der Waals surface area contributed by atoms with Gasteiger partial charge in [-0.05, 0) is 58.6 Å². The minimum absolute atomic E-state index is 0.799. The highest BCUT2D eigenvalue weighted by atomic mass is 32.1. The molecule has 1 aliphatic heterocycles. The predicted octanol–water partition coefficient (Wildman–Crippen LogP) is 4.61. The lowest BCUT2D eigenvalue weighted by Crippen LogP contribution is -2.20. The molecule has 0 bridgehead atoms. The van der Waals surface area contributed by atoms with Gasteiger partial charge in [0, 0.05) is 35.3 Å². The molecule has 0 saturated heterocycles. The summed E-state index contributed by atoms with van der Waals surface area (Å²) < 4.78 is 0. The van der Waals surface area contributed by atoms with Crippen molar-refractivity contribution in [1.29, 1.82) is 0 Å². The Morgan fingerprint density at radius 2 is 2.03 bits per heavy atom. The predicted molar refractivity (Wildman–Crippen MR) is 118 cm³/mol. The molecule has 3 N–H and O–H groups in total. The van der Waals surface area contributed by atoms with E-state index in [0.29, 0.717) is 0 Å². The van der Waals surface area contributed by atoms with Gasteiger partial charge in [-0.3, -0.25) is 10.1 Å². The number of hydrogen-bond acceptors (Lipinski definition) is 5. The number of pyridine rings is 2. The summed E-state index contributed by atoms with van der Waals surface area (Å²) in [5, 5.41) is 17.4. The Hall–Kier alpha value is -3.29. The Morgan fingerprint density at radius 3 is 2.90 bits per heavy atom. The van der Waals surface area contributed by atoms with Crippen LogP contribution < -0.4 is 5.32 Å². The third kappa shape index (κ3) is 2.78. The lowest BCUT2D eigenvalue weighted by molar-refractivity contribution is 0.738. The maximum Gasteiger partial charge on any atom is 0.155 e. The minimum Gasteiger partial charge on any atom is -0.352 e. The molecule has 0 spiro atoms. The van der Waals surface area contributed by atoms with Gasteiger partial charge >= 0.3 is 0 Å². The van der Waals surface area contributed by atoms with Crippen LogP contribution in [0.5, 0.6) is 0 Å². The molecule has 5 aromatic heterocycles. The third-order valence-corrected chi connectivity index (χ3v) is 6.17. The number of rotatable bonds is 3. The number of hydrogen-bond donors (Lipinski definition) is 3. The molecule has 29 heavy (non-hydrogen) atoms. The monoisotopic (exact) mass is 398 g/mol. The molecule has 1 aliphatic rings. The lowest BCUT2D eigenvalue weighted by Gasteiger charge is -2.13. The molecule has 0 aliphatic carbocycles. The van der Waals surface area contributed by atoms with Crippen LogP contribution in [0.3, 0.4) is 0 Å². The summed E-state index contributed by atoms with van der Waals surface area (Å²) in [4.78, 5) is 12.5. The first kappa shape index (κ1) is 16.6. The summed E-state index contributed by atoms with van der Waals surface area (Å²) in [6, 6.07) is 6.48. The van der Waals surface area contributed by atoms with Gasteiger partial charge in [0.2, 0.25) is 0 Å². The molecule has 0 atom stereocenters. The molecule has 0 fully saturated rings. The van der Waals surface area contributed by atoms with E-state index in [1.165, 1.54) is 16.7 Å². The van der Waals surface area contributed by atoms with Crippen LogP contribution in [0.25, 0.3) is 50.0 Å². The third-order valence-electron chi connectivity index (χ3n) is 5.48. The van der Waals surface area contributed by atoms with Crippen LogP contribution in [0.1, 0.15) is 12.0 Å². The quantitative estimate of drug-likeness (QED) is 0.415. The fraction of sp³-hybridized carbons (Fsp3) is 0.136. The summed E-state index contributed by atoms with van der Waals surface area (Å²) in [6.07, 6.45) is 8.99. The standard InChI is InChI=1S/C22H18N6S/c1-4-23-5-2-13(1)15-7-17-21(27-28-22(17)25-9-15)19-8-16-18(14-3-6-29-12-14)10-24-11-20(16)26-19/h1,3,6-12,23,26H,2,4-5H2,(H,25,27,28). The molecule has 6 nitrogen and oxygen atoms in total. The van der Waals surface area contributed by atoms with Crippen molar-refractivity contribution >= 4 is 38.8 Å². The highest BCUT2D eigenvalue weighted by Gasteiger charge is 2.16. The van der Waals surface area contributed by atoms with E-state index in [-0.39, 0.29) is 0 Å². The van der Waals surface area contributed by atoms with Crippen molar-refractivity contribution in [2.45, 2.75) is 6.42 Å². The minimum atomic E-state index is 0.799. The summed E-state index contributed by atoms with van der Waals surface area (Å²) in [5.41, 5.74) is 8.48. The summed E-state index contributed by atoms with van der Waals surface area (Å²) in [6.45, 7) is 1.91. The van der Waals surface area contributed by atoms with E-state index in [9.17, 15) is 0 Å². The maximum absolute atomic E-state index is 4.61. The number of aromatic amines is 2. The fourth-order valence-corrected chi connectivity index (χ4v) is 4.65. The van der Waals surface area contributed by atoms with Gasteiger partial charge in [0.05, 0.1) is 17.4 Å². The molecular formula is C22H18N6S. The van der Waals surface area contributed by atoms with Gasteiger partial charge in [-0.15, -0.1) is 0 Å². The van der Waals surface area contributed by atoms with Crippen molar-refractivity contribution in [3.8, 4) is 22.5 Å². The molecule has 7 heteroatoms. The Labute approximate surface area is 170 Å². The van der Waals surface area contributed by atoms with Crippen molar-refractivity contribution < 1.29 is 0 Å². The van der Waals surface area contributed by atoms with Crippen LogP contribution in [-0.4, -0.2) is 38.2 Å². The van der Waals surface area contributed by atoms with E-state index in [0.717, 1.165) is 58.4 Å². The van der Waals surface area contributed by atoms with Crippen molar-refractivity contribution in [2.24, 2.45) is 0 Å². The summed E-state index contributed by atoms with van der Waals surface area (Å²) in [5.74, 6) is 0. The number of aromatic nitrogens is 5. The Morgan fingerprint density at radius 1 is 1.03 bits per heavy atom. The zero-order valence-electron chi connectivity index (χ0n) is 15.6. The molecule has 5 aromatic rings. The molecule has 142 valence electrons. The first-order valence-electron chi connectivity index (χ1n) is 9.61. The first-order valence-corrected chi connectivity index (χ1v) is 10.5. The van der Waals surface area contributed by atoms with E-state index in [1.807, 2.05) is 18.6 Å². The molecule has 6 rings (SSSR count). The van der Waals surface area contributed by atoms with E-state index >= 15 is 0 Å². The number of nitrogens with zero attached hydrogens (tertiary/aromatic N) is 3. The van der Waals surface area contributed by atoms with Gasteiger partial charge in [0.25, 0.3) is 0 Å². The second-order valence-electron chi connectivity index (χ2n) is 7.22. The van der Waals surface area contributed by atoms with Gasteiger partial charge in [-0.25, -0.2) is 4.98 Å². The van der Waals surface area contributed by atoms with Crippen LogP contribution in [0.2, 0.25) is 0 Å². The SMILES string of the molecule is C1=C(c2cnc3[nH]nc(-c4cc5c(-c6ccsc6)cncc5[nH]4)c3c2)CCNC1. The Kier molecular flexibility index (Phi) is 3.82. The largest absolute Gasteiger partial charge is 0.352 e. The molecular weight excluding hydrogens is 380 g/mol. The average molecular weight is 398 g/mol. The second kappa shape index (κ2) is 6.65. The fourth-order valence-electron chi connectivity index (χ4n) is 4.00. The topological polar surface area (TPSA) is 82.3 Å². The Bertz CT molecular complexity index is 1360. The van der Waals surface area contributed by atoms with E-state index in [2.05, 4.69) is 65.5 Å². The normalized spacial score (nSPS) is 14.6. The zero-order chi connectivity index (χ0) is 19.2. The molecule has 0 amide bonds. The molecule has 6 heterocycles. The van der Waals surface area contributed by atoms with Crippen molar-refractivity contribution in [3.63, 3.8) is 0 Å². The molecule has 0 aromatic carbocycles. The van der Waals surface area contributed by atoms with Gasteiger partial charge < -0.3 is 10.3 Å². The van der Waals surface area contributed by atoms with Gasteiger partial charge in [0.15, 0.2) is 5.65 Å². The lowest BCUT2D eigenvalue weighted by atomic mass is 10.0. The summed E-state index contributed by atoms with van der Waals surface area (Å²) in [7, 11) is 0. The Balaban J connectivity index is 1.50. The van der Waals surface area contributed by atoms with Crippen LogP contribution in [0.4, 0.5) is 0 Å². The number of thiophene rings is 1. The van der Waals surface area contributed by atoms with Crippen LogP contribution in [-0.2, 0) is 0 Å². The van der Waals surface area contributed by atoms with Crippen LogP contribution in [0, 0.1) is 0 Å². The average Bonchev–Trinajstić information content (AvgIpc) is 3.52. The van der Waals surface area contributed by atoms with Crippen LogP contribution >= 0.6 is 11.3 Å². The molecule has 0 saturated carbocycles. The number of nitrogens with one attached hydrogen (secondary N) is 3. The zero-order valence-corrected chi connectivity index (χ0v) is 16.4. The van der Waals surface area contributed by atoms with E-state index in [4.69, 9.17) is 0 Å². The van der Waals surface area contributed by atoms with Crippen molar-refractivity contribution in [1.82, 2.24) is 30.5 Å². The summed E-state index contributed by atoms with van der Waals surface area (Å²) >= 11 is 1.69. The highest BCUT2D eigenvalue weighted by molar-refractivity contribution is 7.08. The molecule has 0 radical (unpaired) electrons. The van der Waals surface area contributed by atoms with Crippen molar-refractivity contribution in [3.05, 3.63) is 59.2 Å². The first-order chi connectivity index (χ1) is 14.4. The van der Waals surface area contributed by atoms with E-state index < -0.39 is 0 Å². The smallest absolute Gasteiger partial charge is 0.155 e. The van der Waals surface area contributed by atoms with E-state index in [1.54, 1.807) is 11.3 Å². The van der Waals surface area contributed by atoms with Gasteiger partial charge in [0.1, 0.15) is 5.69 Å². The van der Waals surface area contributed by atoms with Crippen molar-refractivity contribution in [2.75, 3.05) is 13.1 Å². The highest BCUT2D eigenvalue weighted by Crippen LogP contribution is 2.34. The number of H-pyrrole nitrogens is 2. The van der Waals surface area contributed by atoms with Crippen LogP contribution in [0.15, 0.2) is 53.6 Å². The van der Waals surface area contributed by atoms with Gasteiger partial charge in [-0.1, -0.05) is 6.08 Å². The second-order valence-corrected chi connectivity index (χ2v) is 8.00. The number of fused-ring (bicyclic) bond motifs is 2. The van der Waals surface area contributed by atoms with Gasteiger partial charge in [-0.2, -0.15) is 16.4 Å².